The molecule has 126 valence electrons. The fraction of sp³-hybridized carbons (Fsp3) is 0.176. The summed E-state index contributed by atoms with van der Waals surface area (Å²) in [5, 5.41) is 5.74. The summed E-state index contributed by atoms with van der Waals surface area (Å²) >= 11 is 0. The molecule has 0 bridgehead atoms. The van der Waals surface area contributed by atoms with Gasteiger partial charge in [-0.05, 0) is 5.56 Å². The Kier molecular flexibility index (Phi) is 3.64. The van der Waals surface area contributed by atoms with Crippen LogP contribution in [0.2, 0.25) is 0 Å². The van der Waals surface area contributed by atoms with Gasteiger partial charge in [-0.1, -0.05) is 36.9 Å². The summed E-state index contributed by atoms with van der Waals surface area (Å²) in [5.74, 6) is 0.0875. The Morgan fingerprint density at radius 3 is 2.84 bits per heavy atom. The van der Waals surface area contributed by atoms with E-state index in [0.717, 1.165) is 5.56 Å². The molecule has 1 unspecified atom stereocenters. The highest BCUT2D eigenvalue weighted by atomic mass is 19.1. The van der Waals surface area contributed by atoms with Crippen molar-refractivity contribution in [3.05, 3.63) is 60.6 Å². The summed E-state index contributed by atoms with van der Waals surface area (Å²) in [6.45, 7) is 4.23. The van der Waals surface area contributed by atoms with E-state index in [2.05, 4.69) is 32.2 Å². The van der Waals surface area contributed by atoms with E-state index in [1.54, 1.807) is 4.57 Å². The van der Waals surface area contributed by atoms with Gasteiger partial charge in [0.25, 0.3) is 0 Å². The van der Waals surface area contributed by atoms with Crippen molar-refractivity contribution in [3.63, 3.8) is 0 Å². The smallest absolute Gasteiger partial charge is 0.312 e. The number of hydrogen-bond acceptors (Lipinski definition) is 5. The van der Waals surface area contributed by atoms with Crippen LogP contribution < -0.4 is 10.6 Å². The molecule has 1 aliphatic heterocycles. The van der Waals surface area contributed by atoms with E-state index in [1.807, 2.05) is 30.3 Å². The summed E-state index contributed by atoms with van der Waals surface area (Å²) < 4.78 is 15.5. The lowest BCUT2D eigenvalue weighted by molar-refractivity contribution is -0.121. The monoisotopic (exact) mass is 338 g/mol. The van der Waals surface area contributed by atoms with Crippen LogP contribution in [0.3, 0.4) is 0 Å². The van der Waals surface area contributed by atoms with Crippen LogP contribution in [0.1, 0.15) is 18.0 Å². The summed E-state index contributed by atoms with van der Waals surface area (Å²) in [5.41, 5.74) is 2.34. The Morgan fingerprint density at radius 2 is 2.12 bits per heavy atom. The number of allylic oxidation sites excluding steroid dienone is 1. The zero-order valence-corrected chi connectivity index (χ0v) is 13.2. The fourth-order valence-corrected chi connectivity index (χ4v) is 2.88. The lowest BCUT2D eigenvalue weighted by Crippen LogP contribution is -2.21. The van der Waals surface area contributed by atoms with Gasteiger partial charge in [-0.15, -0.1) is 0 Å². The van der Waals surface area contributed by atoms with Gasteiger partial charge in [-0.25, -0.2) is 4.98 Å². The molecule has 1 aliphatic rings. The van der Waals surface area contributed by atoms with Gasteiger partial charge in [0.05, 0.1) is 6.33 Å². The first-order valence-corrected chi connectivity index (χ1v) is 7.78. The topological polar surface area (TPSA) is 84.7 Å². The third kappa shape index (κ3) is 2.82. The molecule has 3 aromatic rings. The molecule has 1 fully saturated rings. The number of carbonyl (C=O) groups excluding carboxylic acids is 1. The van der Waals surface area contributed by atoms with Crippen molar-refractivity contribution in [2.75, 3.05) is 5.32 Å². The molecule has 0 saturated carbocycles. The van der Waals surface area contributed by atoms with Crippen LogP contribution >= 0.6 is 0 Å². The van der Waals surface area contributed by atoms with Gasteiger partial charge >= 0.3 is 6.08 Å². The summed E-state index contributed by atoms with van der Waals surface area (Å²) in [6, 6.07) is 9.15. The van der Waals surface area contributed by atoms with Gasteiger partial charge in [0.15, 0.2) is 17.0 Å². The Morgan fingerprint density at radius 1 is 1.32 bits per heavy atom. The van der Waals surface area contributed by atoms with Crippen molar-refractivity contribution in [2.24, 2.45) is 0 Å². The Hall–Kier alpha value is -3.29. The van der Waals surface area contributed by atoms with Gasteiger partial charge in [0.2, 0.25) is 5.91 Å². The van der Waals surface area contributed by atoms with Crippen molar-refractivity contribution in [3.8, 4) is 0 Å². The Balaban J connectivity index is 1.69. The molecule has 0 radical (unpaired) electrons. The Labute approximate surface area is 142 Å². The number of nitrogens with one attached hydrogen (secondary N) is 2. The third-order valence-electron chi connectivity index (χ3n) is 4.08. The first-order chi connectivity index (χ1) is 12.1. The van der Waals surface area contributed by atoms with Crippen molar-refractivity contribution in [2.45, 2.75) is 19.0 Å². The zero-order chi connectivity index (χ0) is 17.4. The van der Waals surface area contributed by atoms with E-state index in [1.165, 1.54) is 6.33 Å². The molecule has 8 heteroatoms. The molecule has 3 heterocycles. The van der Waals surface area contributed by atoms with E-state index in [-0.39, 0.29) is 11.6 Å². The molecule has 4 rings (SSSR count). The number of halogens is 1. The number of hydrogen-bond donors (Lipinski definition) is 2. The minimum Gasteiger partial charge on any atom is -0.364 e. The van der Waals surface area contributed by atoms with Gasteiger partial charge in [-0.2, -0.15) is 14.4 Å². The molecule has 7 nitrogen and oxygen atoms in total. The maximum absolute atomic E-state index is 13.9. The number of imidazole rings is 1. The number of amides is 1. The highest BCUT2D eigenvalue weighted by Crippen LogP contribution is 2.28. The van der Waals surface area contributed by atoms with Crippen molar-refractivity contribution in [1.29, 1.82) is 0 Å². The van der Waals surface area contributed by atoms with Gasteiger partial charge in [0.1, 0.15) is 6.04 Å². The number of nitrogens with zero attached hydrogens (tertiary/aromatic N) is 4. The molecular formula is C17H15FN6O. The van der Waals surface area contributed by atoms with Crippen LogP contribution in [-0.2, 0) is 11.3 Å². The van der Waals surface area contributed by atoms with Crippen LogP contribution in [-0.4, -0.2) is 25.4 Å². The molecule has 0 aliphatic carbocycles. The van der Waals surface area contributed by atoms with Gasteiger partial charge in [-0.3, -0.25) is 4.79 Å². The lowest BCUT2D eigenvalue weighted by atomic mass is 10.2. The highest BCUT2D eigenvalue weighted by molar-refractivity contribution is 5.88. The van der Waals surface area contributed by atoms with E-state index >= 15 is 0 Å². The zero-order valence-electron chi connectivity index (χ0n) is 13.2. The summed E-state index contributed by atoms with van der Waals surface area (Å²) in [4.78, 5) is 23.9. The van der Waals surface area contributed by atoms with Gasteiger partial charge < -0.3 is 15.2 Å². The van der Waals surface area contributed by atoms with Crippen LogP contribution in [0.4, 0.5) is 10.2 Å². The van der Waals surface area contributed by atoms with Crippen molar-refractivity contribution >= 4 is 22.9 Å². The number of fused-ring (bicyclic) bond motifs is 1. The van der Waals surface area contributed by atoms with Crippen LogP contribution in [0, 0.1) is 6.08 Å². The number of carbonyl (C=O) groups is 1. The molecular weight excluding hydrogens is 323 g/mol. The average Bonchev–Trinajstić information content (AvgIpc) is 3.16. The van der Waals surface area contributed by atoms with E-state index < -0.39 is 12.1 Å². The minimum atomic E-state index is -0.873. The number of aromatic nitrogens is 4. The highest BCUT2D eigenvalue weighted by Gasteiger charge is 2.30. The summed E-state index contributed by atoms with van der Waals surface area (Å²) in [6.07, 6.45) is 1.03. The molecule has 1 atom stereocenters. The first kappa shape index (κ1) is 15.3. The van der Waals surface area contributed by atoms with E-state index in [0.29, 0.717) is 30.0 Å². The number of rotatable bonds is 4. The molecule has 2 aromatic heterocycles. The second-order valence-corrected chi connectivity index (χ2v) is 5.82. The minimum absolute atomic E-state index is 0.206. The molecule has 1 saturated heterocycles. The third-order valence-corrected chi connectivity index (χ3v) is 4.08. The van der Waals surface area contributed by atoms with E-state index in [9.17, 15) is 9.18 Å². The SMILES string of the molecule is C=C1CC(n2cnc3c(NCc4ccccc4)nc(F)nc32)C(=O)N1. The maximum atomic E-state index is 13.9. The number of benzene rings is 1. The lowest BCUT2D eigenvalue weighted by Gasteiger charge is -2.10. The van der Waals surface area contributed by atoms with Crippen molar-refractivity contribution in [1.82, 2.24) is 24.8 Å². The maximum Gasteiger partial charge on any atom is 0.312 e. The Bertz CT molecular complexity index is 968. The van der Waals surface area contributed by atoms with Crippen LogP contribution in [0.5, 0.6) is 0 Å². The molecule has 1 amide bonds. The molecule has 0 spiro atoms. The average molecular weight is 338 g/mol. The predicted molar refractivity (Wildman–Crippen MR) is 90.0 cm³/mol. The fourth-order valence-electron chi connectivity index (χ4n) is 2.88. The molecule has 25 heavy (non-hydrogen) atoms. The second-order valence-electron chi connectivity index (χ2n) is 5.82. The standard InChI is InChI=1S/C17H15FN6O/c1-10-7-12(16(25)21-10)24-9-20-13-14(22-17(18)23-15(13)24)19-8-11-5-3-2-4-6-11/h2-6,9,12H,1,7-8H2,(H,21,25)(H,19,22,23). The first-order valence-electron chi connectivity index (χ1n) is 7.78. The summed E-state index contributed by atoms with van der Waals surface area (Å²) in [7, 11) is 0. The van der Waals surface area contributed by atoms with E-state index in [4.69, 9.17) is 0 Å². The molecule has 2 N–H and O–H groups in total. The normalized spacial score (nSPS) is 17.1. The van der Waals surface area contributed by atoms with Crippen LogP contribution in [0.15, 0.2) is 48.9 Å². The quantitative estimate of drug-likeness (QED) is 0.712. The predicted octanol–water partition coefficient (Wildman–Crippen LogP) is 2.15. The van der Waals surface area contributed by atoms with Crippen LogP contribution in [0.25, 0.3) is 11.2 Å². The number of anilines is 1. The second kappa shape index (κ2) is 5.97. The van der Waals surface area contributed by atoms with Crippen molar-refractivity contribution < 1.29 is 9.18 Å². The largest absolute Gasteiger partial charge is 0.364 e. The molecule has 1 aromatic carbocycles. The van der Waals surface area contributed by atoms with Gasteiger partial charge in [0, 0.05) is 18.7 Å².